The first-order valence-electron chi connectivity index (χ1n) is 8.47. The van der Waals surface area contributed by atoms with Gasteiger partial charge in [0.15, 0.2) is 0 Å². The van der Waals surface area contributed by atoms with E-state index >= 15 is 0 Å². The molecular weight excluding hydrogens is 292 g/mol. The van der Waals surface area contributed by atoms with Crippen molar-refractivity contribution in [1.82, 2.24) is 0 Å². The molecule has 0 saturated heterocycles. The molecule has 1 aliphatic rings. The Morgan fingerprint density at radius 1 is 0.875 bits per heavy atom. The van der Waals surface area contributed by atoms with Crippen LogP contribution in [0.4, 0.5) is 0 Å². The summed E-state index contributed by atoms with van der Waals surface area (Å²) in [6, 6.07) is 21.7. The molecule has 0 aliphatic heterocycles. The van der Waals surface area contributed by atoms with Crippen molar-refractivity contribution in [3.63, 3.8) is 0 Å². The van der Waals surface area contributed by atoms with E-state index in [2.05, 4.69) is 74.5 Å². The summed E-state index contributed by atoms with van der Waals surface area (Å²) in [5, 5.41) is 2.50. The van der Waals surface area contributed by atoms with Crippen LogP contribution in [0.25, 0.3) is 16.3 Å². The first kappa shape index (κ1) is 15.0. The quantitative estimate of drug-likeness (QED) is 0.567. The lowest BCUT2D eigenvalue weighted by Gasteiger charge is -2.33. The van der Waals surface area contributed by atoms with E-state index in [0.717, 1.165) is 12.2 Å². The third-order valence-electron chi connectivity index (χ3n) is 5.10. The third kappa shape index (κ3) is 2.41. The fraction of sp³-hybridized carbons (Fsp3) is 0.217. The Labute approximate surface area is 143 Å². The summed E-state index contributed by atoms with van der Waals surface area (Å²) in [7, 11) is 1.72. The van der Waals surface area contributed by atoms with Gasteiger partial charge in [-0.3, -0.25) is 0 Å². The molecule has 1 heteroatoms. The van der Waals surface area contributed by atoms with E-state index < -0.39 is 0 Å². The molecule has 1 nitrogen and oxygen atoms in total. The molecule has 0 N–H and O–H groups in total. The molecule has 1 aliphatic carbocycles. The van der Waals surface area contributed by atoms with Gasteiger partial charge in [-0.15, -0.1) is 0 Å². The SMILES string of the molecule is COc1ccc2cc3c(cc2c1)C(c1ccccc1)=CCC3(C)C. The zero-order valence-electron chi connectivity index (χ0n) is 14.5. The lowest BCUT2D eigenvalue weighted by atomic mass is 9.71. The van der Waals surface area contributed by atoms with Gasteiger partial charge in [-0.2, -0.15) is 0 Å². The predicted molar refractivity (Wildman–Crippen MR) is 102 cm³/mol. The molecule has 0 heterocycles. The molecule has 0 radical (unpaired) electrons. The van der Waals surface area contributed by atoms with Crippen molar-refractivity contribution in [3.8, 4) is 5.75 Å². The van der Waals surface area contributed by atoms with E-state index in [9.17, 15) is 0 Å². The molecule has 4 rings (SSSR count). The number of allylic oxidation sites excluding steroid dienone is 1. The molecule has 0 aromatic heterocycles. The van der Waals surface area contributed by atoms with Gasteiger partial charge in [-0.1, -0.05) is 56.3 Å². The van der Waals surface area contributed by atoms with E-state index in [1.807, 2.05) is 6.07 Å². The maximum absolute atomic E-state index is 5.40. The lowest BCUT2D eigenvalue weighted by Crippen LogP contribution is -2.21. The lowest BCUT2D eigenvalue weighted by molar-refractivity contribution is 0.415. The fourth-order valence-corrected chi connectivity index (χ4v) is 3.65. The highest BCUT2D eigenvalue weighted by atomic mass is 16.5. The molecule has 0 saturated carbocycles. The van der Waals surface area contributed by atoms with Crippen LogP contribution in [0.5, 0.6) is 5.75 Å². The van der Waals surface area contributed by atoms with Crippen LogP contribution >= 0.6 is 0 Å². The van der Waals surface area contributed by atoms with Crippen LogP contribution in [0, 0.1) is 0 Å². The van der Waals surface area contributed by atoms with Crippen LogP contribution in [0.15, 0.2) is 66.7 Å². The van der Waals surface area contributed by atoms with Crippen molar-refractivity contribution in [2.75, 3.05) is 7.11 Å². The van der Waals surface area contributed by atoms with Crippen molar-refractivity contribution in [1.29, 1.82) is 0 Å². The van der Waals surface area contributed by atoms with Gasteiger partial charge in [-0.25, -0.2) is 0 Å². The zero-order chi connectivity index (χ0) is 16.7. The zero-order valence-corrected chi connectivity index (χ0v) is 14.5. The molecule has 0 bridgehead atoms. The molecule has 0 atom stereocenters. The van der Waals surface area contributed by atoms with E-state index in [1.165, 1.54) is 33.0 Å². The monoisotopic (exact) mass is 314 g/mol. The van der Waals surface area contributed by atoms with Gasteiger partial charge in [0.2, 0.25) is 0 Å². The van der Waals surface area contributed by atoms with Gasteiger partial charge in [-0.05, 0) is 69.1 Å². The average molecular weight is 314 g/mol. The van der Waals surface area contributed by atoms with E-state index in [1.54, 1.807) is 7.11 Å². The summed E-state index contributed by atoms with van der Waals surface area (Å²) in [5.74, 6) is 0.905. The first-order chi connectivity index (χ1) is 11.6. The number of fused-ring (bicyclic) bond motifs is 2. The maximum atomic E-state index is 5.40. The largest absolute Gasteiger partial charge is 0.497 e. The highest BCUT2D eigenvalue weighted by Gasteiger charge is 2.28. The minimum absolute atomic E-state index is 0.154. The van der Waals surface area contributed by atoms with Crippen molar-refractivity contribution in [2.24, 2.45) is 0 Å². The number of benzene rings is 3. The Bertz CT molecular complexity index is 933. The second kappa shape index (κ2) is 5.52. The van der Waals surface area contributed by atoms with Gasteiger partial charge in [0.05, 0.1) is 7.11 Å². The van der Waals surface area contributed by atoms with Gasteiger partial charge < -0.3 is 4.74 Å². The van der Waals surface area contributed by atoms with Crippen LogP contribution < -0.4 is 4.74 Å². The van der Waals surface area contributed by atoms with E-state index in [-0.39, 0.29) is 5.41 Å². The van der Waals surface area contributed by atoms with Crippen molar-refractivity contribution in [2.45, 2.75) is 25.7 Å². The van der Waals surface area contributed by atoms with Gasteiger partial charge in [0, 0.05) is 0 Å². The second-order valence-corrected chi connectivity index (χ2v) is 7.18. The summed E-state index contributed by atoms with van der Waals surface area (Å²) >= 11 is 0. The predicted octanol–water partition coefficient (Wildman–Crippen LogP) is 5.96. The van der Waals surface area contributed by atoms with E-state index in [0.29, 0.717) is 0 Å². The Hall–Kier alpha value is -2.54. The standard InChI is InChI=1S/C23H22O/c1-23(2)12-11-20(16-7-5-4-6-8-16)21-14-18-13-19(24-3)10-9-17(18)15-22(21)23/h4-11,13-15H,12H2,1-3H3. The van der Waals surface area contributed by atoms with E-state index in [4.69, 9.17) is 4.74 Å². The first-order valence-corrected chi connectivity index (χ1v) is 8.47. The molecule has 0 fully saturated rings. The average Bonchev–Trinajstić information content (AvgIpc) is 2.61. The molecule has 3 aromatic rings. The molecule has 3 aromatic carbocycles. The summed E-state index contributed by atoms with van der Waals surface area (Å²) in [6.45, 7) is 4.67. The van der Waals surface area contributed by atoms with Crippen molar-refractivity contribution < 1.29 is 4.74 Å². The minimum atomic E-state index is 0.154. The molecule has 0 unspecified atom stereocenters. The second-order valence-electron chi connectivity index (χ2n) is 7.18. The molecule has 0 spiro atoms. The minimum Gasteiger partial charge on any atom is -0.497 e. The third-order valence-corrected chi connectivity index (χ3v) is 5.10. The van der Waals surface area contributed by atoms with Crippen LogP contribution in [-0.4, -0.2) is 7.11 Å². The van der Waals surface area contributed by atoms with Gasteiger partial charge in [0.1, 0.15) is 5.75 Å². The topological polar surface area (TPSA) is 9.23 Å². The van der Waals surface area contributed by atoms with Gasteiger partial charge in [0.25, 0.3) is 0 Å². The summed E-state index contributed by atoms with van der Waals surface area (Å²) in [6.07, 6.45) is 3.45. The van der Waals surface area contributed by atoms with Gasteiger partial charge >= 0.3 is 0 Å². The highest BCUT2D eigenvalue weighted by molar-refractivity contribution is 5.93. The van der Waals surface area contributed by atoms with Crippen LogP contribution in [-0.2, 0) is 5.41 Å². The molecule has 0 amide bonds. The normalized spacial score (nSPS) is 15.7. The number of hydrogen-bond donors (Lipinski definition) is 0. The highest BCUT2D eigenvalue weighted by Crippen LogP contribution is 2.43. The Morgan fingerprint density at radius 3 is 2.42 bits per heavy atom. The van der Waals surface area contributed by atoms with Crippen LogP contribution in [0.2, 0.25) is 0 Å². The Kier molecular flexibility index (Phi) is 3.45. The number of rotatable bonds is 2. The smallest absolute Gasteiger partial charge is 0.119 e. The van der Waals surface area contributed by atoms with Crippen molar-refractivity contribution in [3.05, 3.63) is 83.4 Å². The maximum Gasteiger partial charge on any atom is 0.119 e. The fourth-order valence-electron chi connectivity index (χ4n) is 3.65. The number of hydrogen-bond acceptors (Lipinski definition) is 1. The Balaban J connectivity index is 1.98. The van der Waals surface area contributed by atoms with Crippen molar-refractivity contribution >= 4 is 16.3 Å². The Morgan fingerprint density at radius 2 is 1.67 bits per heavy atom. The summed E-state index contributed by atoms with van der Waals surface area (Å²) in [5.41, 5.74) is 5.56. The number of methoxy groups -OCH3 is 1. The molecular formula is C23H22O. The van der Waals surface area contributed by atoms with Crippen LogP contribution in [0.3, 0.4) is 0 Å². The summed E-state index contributed by atoms with van der Waals surface area (Å²) in [4.78, 5) is 0. The molecule has 120 valence electrons. The number of ether oxygens (including phenoxy) is 1. The summed E-state index contributed by atoms with van der Waals surface area (Å²) < 4.78 is 5.40. The van der Waals surface area contributed by atoms with Crippen LogP contribution in [0.1, 0.15) is 37.0 Å². The molecule has 24 heavy (non-hydrogen) atoms.